The molecule has 0 bridgehead atoms. The van der Waals surface area contributed by atoms with Crippen LogP contribution in [0.3, 0.4) is 0 Å². The van der Waals surface area contributed by atoms with Crippen molar-refractivity contribution in [3.8, 4) is 28.7 Å². The van der Waals surface area contributed by atoms with Crippen LogP contribution < -0.4 is 18.9 Å². The van der Waals surface area contributed by atoms with Crippen LogP contribution in [0.1, 0.15) is 72.8 Å². The van der Waals surface area contributed by atoms with Crippen LogP contribution in [0.25, 0.3) is 0 Å². The number of ether oxygens (including phenoxy) is 4. The van der Waals surface area contributed by atoms with Crippen molar-refractivity contribution in [3.63, 3.8) is 0 Å². The number of hydrogen-bond donors (Lipinski definition) is 1. The molecule has 212 valence electrons. The van der Waals surface area contributed by atoms with Gasteiger partial charge in [-0.2, -0.15) is 0 Å². The molecule has 2 fully saturated rings. The highest BCUT2D eigenvalue weighted by molar-refractivity contribution is 5.88. The zero-order valence-corrected chi connectivity index (χ0v) is 23.8. The summed E-state index contributed by atoms with van der Waals surface area (Å²) in [4.78, 5) is 12.2. The Morgan fingerprint density at radius 3 is 2.41 bits per heavy atom. The topological polar surface area (TPSA) is 74.2 Å². The lowest BCUT2D eigenvalue weighted by Gasteiger charge is -2.43. The molecule has 41 heavy (non-hydrogen) atoms. The van der Waals surface area contributed by atoms with Gasteiger partial charge < -0.3 is 24.1 Å². The van der Waals surface area contributed by atoms with Crippen molar-refractivity contribution in [1.82, 2.24) is 0 Å². The van der Waals surface area contributed by atoms with E-state index in [9.17, 15) is 9.90 Å². The highest BCUT2D eigenvalue weighted by Crippen LogP contribution is 2.58. The molecule has 3 aromatic carbocycles. The minimum atomic E-state index is -0.100. The summed E-state index contributed by atoms with van der Waals surface area (Å²) in [6.45, 7) is 2.79. The number of phenolic OH excluding ortho intramolecular Hbond substituents is 1. The first-order valence-electron chi connectivity index (χ1n) is 14.6. The van der Waals surface area contributed by atoms with Gasteiger partial charge in [0, 0.05) is 41.0 Å². The van der Waals surface area contributed by atoms with Crippen LogP contribution in [0.2, 0.25) is 0 Å². The monoisotopic (exact) mass is 552 g/mol. The molecule has 0 saturated heterocycles. The van der Waals surface area contributed by atoms with E-state index in [0.717, 1.165) is 60.7 Å². The summed E-state index contributed by atoms with van der Waals surface area (Å²) in [5.41, 5.74) is 6.29. The zero-order chi connectivity index (χ0) is 28.3. The molecule has 6 heteroatoms. The number of Topliss-reactive ketones (excluding diaryl/α,β-unsaturated/α-hetero) is 1. The first-order valence-corrected chi connectivity index (χ1v) is 14.6. The third-order valence-electron chi connectivity index (χ3n) is 10.1. The van der Waals surface area contributed by atoms with Crippen LogP contribution >= 0.6 is 0 Å². The summed E-state index contributed by atoms with van der Waals surface area (Å²) >= 11 is 0. The quantitative estimate of drug-likeness (QED) is 0.344. The van der Waals surface area contributed by atoms with E-state index in [2.05, 4.69) is 25.1 Å². The van der Waals surface area contributed by atoms with E-state index >= 15 is 0 Å². The molecule has 5 unspecified atom stereocenters. The molecule has 3 aromatic rings. The number of carbonyl (C=O) groups is 1. The minimum absolute atomic E-state index is 0.00163. The summed E-state index contributed by atoms with van der Waals surface area (Å²) in [5, 5.41) is 9.64. The van der Waals surface area contributed by atoms with Crippen molar-refractivity contribution in [2.75, 3.05) is 20.8 Å². The number of hydrogen-bond acceptors (Lipinski definition) is 6. The Kier molecular flexibility index (Phi) is 6.25. The molecule has 5 aliphatic rings. The van der Waals surface area contributed by atoms with Crippen LogP contribution in [-0.2, 0) is 11.2 Å². The highest BCUT2D eigenvalue weighted by Gasteiger charge is 2.52. The van der Waals surface area contributed by atoms with Gasteiger partial charge in [-0.05, 0) is 73.1 Å². The van der Waals surface area contributed by atoms with Crippen LogP contribution in [0.15, 0.2) is 66.2 Å². The second kappa shape index (κ2) is 9.86. The van der Waals surface area contributed by atoms with Gasteiger partial charge in [0.2, 0.25) is 0 Å². The van der Waals surface area contributed by atoms with Gasteiger partial charge in [0.1, 0.15) is 40.6 Å². The van der Waals surface area contributed by atoms with Crippen LogP contribution in [0.5, 0.6) is 28.7 Å². The van der Waals surface area contributed by atoms with Gasteiger partial charge in [-0.25, -0.2) is 0 Å². The Balaban J connectivity index is 0.000000135. The Morgan fingerprint density at radius 2 is 1.63 bits per heavy atom. The highest BCUT2D eigenvalue weighted by atomic mass is 16.5. The lowest BCUT2D eigenvalue weighted by atomic mass is 9.60. The molecule has 0 spiro atoms. The van der Waals surface area contributed by atoms with Crippen molar-refractivity contribution in [2.24, 2.45) is 11.3 Å². The molecule has 2 saturated carbocycles. The maximum Gasteiger partial charge on any atom is 0.139 e. The lowest BCUT2D eigenvalue weighted by molar-refractivity contribution is -0.126. The number of allylic oxidation sites excluding steroid dienone is 2. The van der Waals surface area contributed by atoms with Crippen molar-refractivity contribution >= 4 is 5.78 Å². The van der Waals surface area contributed by atoms with E-state index in [1.807, 2.05) is 36.4 Å². The van der Waals surface area contributed by atoms with Gasteiger partial charge in [0.15, 0.2) is 0 Å². The number of benzene rings is 3. The Labute approximate surface area is 240 Å². The van der Waals surface area contributed by atoms with Crippen LogP contribution in [0, 0.1) is 11.3 Å². The largest absolute Gasteiger partial charge is 0.508 e. The van der Waals surface area contributed by atoms with Crippen molar-refractivity contribution in [3.05, 3.63) is 88.5 Å². The summed E-state index contributed by atoms with van der Waals surface area (Å²) in [5.74, 6) is 5.32. The number of carbonyl (C=O) groups excluding carboxylic acids is 1. The molecular formula is C35H36O6. The zero-order valence-electron chi connectivity index (χ0n) is 23.8. The van der Waals surface area contributed by atoms with Crippen molar-refractivity contribution in [1.29, 1.82) is 0 Å². The second-order valence-corrected chi connectivity index (χ2v) is 12.1. The van der Waals surface area contributed by atoms with E-state index in [4.69, 9.17) is 18.9 Å². The predicted octanol–water partition coefficient (Wildman–Crippen LogP) is 7.05. The van der Waals surface area contributed by atoms with E-state index in [-0.39, 0.29) is 17.4 Å². The normalized spacial score (nSPS) is 28.1. The van der Waals surface area contributed by atoms with E-state index in [1.54, 1.807) is 20.3 Å². The summed E-state index contributed by atoms with van der Waals surface area (Å²) in [6.07, 6.45) is 7.12. The smallest absolute Gasteiger partial charge is 0.139 e. The predicted molar refractivity (Wildman–Crippen MR) is 155 cm³/mol. The number of aromatic hydroxyl groups is 1. The van der Waals surface area contributed by atoms with E-state index in [1.165, 1.54) is 22.3 Å². The lowest BCUT2D eigenvalue weighted by Crippen LogP contribution is -2.37. The number of methoxy groups -OCH3 is 2. The first-order chi connectivity index (χ1) is 19.9. The van der Waals surface area contributed by atoms with E-state index in [0.29, 0.717) is 30.0 Å². The molecule has 0 radical (unpaired) electrons. The minimum Gasteiger partial charge on any atom is -0.508 e. The molecular weight excluding hydrogens is 516 g/mol. The van der Waals surface area contributed by atoms with Crippen molar-refractivity contribution in [2.45, 2.75) is 57.0 Å². The van der Waals surface area contributed by atoms with E-state index < -0.39 is 0 Å². The SMILES string of the molecule is CC12CCC3C(=CCc4cc(O)ccc43)C1CCC2=O.COc1ccc2c(c1)OC1c3ccc(OC)cc3OCC21. The number of phenols is 1. The third kappa shape index (κ3) is 4.18. The maximum atomic E-state index is 12.2. The molecule has 6 nitrogen and oxygen atoms in total. The molecule has 2 aliphatic heterocycles. The first kappa shape index (κ1) is 26.0. The van der Waals surface area contributed by atoms with Gasteiger partial charge in [-0.3, -0.25) is 4.79 Å². The van der Waals surface area contributed by atoms with Gasteiger partial charge in [-0.1, -0.05) is 30.7 Å². The number of rotatable bonds is 2. The molecule has 0 amide bonds. The van der Waals surface area contributed by atoms with Gasteiger partial charge in [-0.15, -0.1) is 0 Å². The summed E-state index contributed by atoms with van der Waals surface area (Å²) < 4.78 is 22.6. The number of ketones is 1. The fraction of sp³-hybridized carbons (Fsp3) is 0.400. The fourth-order valence-corrected chi connectivity index (χ4v) is 7.80. The maximum absolute atomic E-state index is 12.2. The average molecular weight is 553 g/mol. The average Bonchev–Trinajstić information content (AvgIpc) is 3.53. The van der Waals surface area contributed by atoms with Crippen LogP contribution in [-0.4, -0.2) is 31.7 Å². The van der Waals surface area contributed by atoms with Gasteiger partial charge >= 0.3 is 0 Å². The number of fused-ring (bicyclic) bond motifs is 10. The summed E-state index contributed by atoms with van der Waals surface area (Å²) in [6, 6.07) is 17.6. The molecule has 1 N–H and O–H groups in total. The second-order valence-electron chi connectivity index (χ2n) is 12.1. The van der Waals surface area contributed by atoms with Crippen LogP contribution in [0.4, 0.5) is 0 Å². The summed E-state index contributed by atoms with van der Waals surface area (Å²) in [7, 11) is 3.32. The molecule has 3 aliphatic carbocycles. The molecule has 8 rings (SSSR count). The Morgan fingerprint density at radius 1 is 0.902 bits per heavy atom. The molecule has 5 atom stereocenters. The fourth-order valence-electron chi connectivity index (χ4n) is 7.80. The third-order valence-corrected chi connectivity index (χ3v) is 10.1. The Hall–Kier alpha value is -3.93. The van der Waals surface area contributed by atoms with Gasteiger partial charge in [0.05, 0.1) is 26.7 Å². The molecule has 2 heterocycles. The standard InChI is InChI=1S/C18H20O2.C17H16O4/c1-18-9-8-14-13-5-3-12(19)10-11(13)2-4-15(14)16(18)6-7-17(18)20;1-18-10-4-6-13-15(7-10)20-9-14-12-5-3-11(19-2)8-16(12)21-17(13)14/h3-5,10,14,16,19H,2,6-9H2,1H3;3-8,14,17H,9H2,1-2H3. The Bertz CT molecular complexity index is 1560. The van der Waals surface area contributed by atoms with Crippen molar-refractivity contribution < 1.29 is 28.8 Å². The molecule has 0 aromatic heterocycles. The van der Waals surface area contributed by atoms with Gasteiger partial charge in [0.25, 0.3) is 0 Å².